The first-order valence-corrected chi connectivity index (χ1v) is 14.1. The predicted octanol–water partition coefficient (Wildman–Crippen LogP) is 9.31. The van der Waals surface area contributed by atoms with E-state index in [1.54, 1.807) is 6.20 Å². The molecule has 4 aromatic heterocycles. The lowest BCUT2D eigenvalue weighted by Crippen LogP contribution is -2.04. The molecule has 0 saturated carbocycles. The number of pyridine rings is 1. The highest BCUT2D eigenvalue weighted by atomic mass is 32.1. The van der Waals surface area contributed by atoms with Crippen LogP contribution in [0.2, 0.25) is 0 Å². The van der Waals surface area contributed by atoms with Crippen molar-refractivity contribution in [1.82, 2.24) is 19.5 Å². The van der Waals surface area contributed by atoms with Gasteiger partial charge in [-0.15, -0.1) is 11.3 Å². The van der Waals surface area contributed by atoms with Crippen molar-refractivity contribution >= 4 is 75.1 Å². The van der Waals surface area contributed by atoms with E-state index in [-0.39, 0.29) is 0 Å². The van der Waals surface area contributed by atoms with E-state index in [2.05, 4.69) is 101 Å². The third-order valence-corrected chi connectivity index (χ3v) is 9.06. The van der Waals surface area contributed by atoms with Gasteiger partial charge in [-0.1, -0.05) is 91.0 Å². The summed E-state index contributed by atoms with van der Waals surface area (Å²) < 4.78 is 4.86. The highest BCUT2D eigenvalue weighted by molar-refractivity contribution is 7.27. The molecule has 0 fully saturated rings. The molecule has 5 aromatic carbocycles. The lowest BCUT2D eigenvalue weighted by molar-refractivity contribution is 1.01. The maximum Gasteiger partial charge on any atom is 0.237 e. The molecule has 4 nitrogen and oxygen atoms in total. The lowest BCUT2D eigenvalue weighted by atomic mass is 10.00. The number of hydrogen-bond donors (Lipinski definition) is 0. The molecule has 186 valence electrons. The highest BCUT2D eigenvalue weighted by Gasteiger charge is 2.23. The number of benzene rings is 5. The first-order chi connectivity index (χ1) is 19.9. The minimum Gasteiger partial charge on any atom is -0.277 e. The van der Waals surface area contributed by atoms with Crippen LogP contribution in [-0.4, -0.2) is 19.5 Å². The van der Waals surface area contributed by atoms with Crippen molar-refractivity contribution in [2.75, 3.05) is 0 Å². The summed E-state index contributed by atoms with van der Waals surface area (Å²) >= 11 is 1.87. The Kier molecular flexibility index (Phi) is 4.45. The number of nitrogens with zero attached hydrogens (tertiary/aromatic N) is 4. The first-order valence-electron chi connectivity index (χ1n) is 13.3. The van der Waals surface area contributed by atoms with Crippen LogP contribution >= 0.6 is 11.3 Å². The quantitative estimate of drug-likeness (QED) is 0.225. The number of para-hydroxylation sites is 1. The van der Waals surface area contributed by atoms with Crippen molar-refractivity contribution in [3.63, 3.8) is 0 Å². The molecule has 0 bridgehead atoms. The SMILES string of the molecule is c1ccc(-c2nc(-n3c4ccccc4c4c5c6ccccc6sc5c5ccccc5c43)nc3ncccc23)cc1. The molecule has 40 heavy (non-hydrogen) atoms. The van der Waals surface area contributed by atoms with Gasteiger partial charge >= 0.3 is 0 Å². The molecule has 0 atom stereocenters. The Labute approximate surface area is 232 Å². The number of thiophene rings is 1. The summed E-state index contributed by atoms with van der Waals surface area (Å²) in [6.45, 7) is 0. The Morgan fingerprint density at radius 1 is 0.550 bits per heavy atom. The Balaban J connectivity index is 1.54. The molecule has 0 aliphatic carbocycles. The summed E-state index contributed by atoms with van der Waals surface area (Å²) in [5, 5.41) is 8.40. The van der Waals surface area contributed by atoms with Gasteiger partial charge in [0.05, 0.1) is 16.7 Å². The molecule has 0 amide bonds. The van der Waals surface area contributed by atoms with E-state index in [4.69, 9.17) is 9.97 Å². The molecule has 0 spiro atoms. The van der Waals surface area contributed by atoms with Crippen LogP contribution < -0.4 is 0 Å². The maximum absolute atomic E-state index is 5.27. The number of fused-ring (bicyclic) bond motifs is 11. The Morgan fingerprint density at radius 2 is 1.25 bits per heavy atom. The van der Waals surface area contributed by atoms with E-state index in [9.17, 15) is 0 Å². The van der Waals surface area contributed by atoms with E-state index < -0.39 is 0 Å². The van der Waals surface area contributed by atoms with Crippen LogP contribution in [0.25, 0.3) is 81.0 Å². The normalized spacial score (nSPS) is 12.0. The third-order valence-electron chi connectivity index (χ3n) is 7.85. The van der Waals surface area contributed by atoms with Crippen LogP contribution in [0.15, 0.2) is 121 Å². The number of hydrogen-bond acceptors (Lipinski definition) is 4. The fourth-order valence-electron chi connectivity index (χ4n) is 6.19. The van der Waals surface area contributed by atoms with Gasteiger partial charge in [0.15, 0.2) is 5.65 Å². The second-order valence-corrected chi connectivity index (χ2v) is 11.1. The van der Waals surface area contributed by atoms with Crippen molar-refractivity contribution < 1.29 is 0 Å². The van der Waals surface area contributed by atoms with Gasteiger partial charge in [0.25, 0.3) is 0 Å². The summed E-state index contributed by atoms with van der Waals surface area (Å²) in [7, 11) is 0. The molecule has 0 aliphatic rings. The van der Waals surface area contributed by atoms with Crippen molar-refractivity contribution in [1.29, 1.82) is 0 Å². The monoisotopic (exact) mass is 528 g/mol. The van der Waals surface area contributed by atoms with E-state index >= 15 is 0 Å². The van der Waals surface area contributed by atoms with E-state index in [1.165, 1.54) is 41.7 Å². The smallest absolute Gasteiger partial charge is 0.237 e. The summed E-state index contributed by atoms with van der Waals surface area (Å²) in [5.41, 5.74) is 4.82. The second kappa shape index (κ2) is 8.18. The zero-order valence-corrected chi connectivity index (χ0v) is 22.1. The molecule has 9 rings (SSSR count). The molecule has 9 aromatic rings. The highest BCUT2D eigenvalue weighted by Crippen LogP contribution is 2.47. The van der Waals surface area contributed by atoms with Gasteiger partial charge in [-0.3, -0.25) is 4.57 Å². The Bertz CT molecular complexity index is 2440. The third kappa shape index (κ3) is 2.92. The summed E-state index contributed by atoms with van der Waals surface area (Å²) in [4.78, 5) is 15.0. The van der Waals surface area contributed by atoms with Crippen LogP contribution in [-0.2, 0) is 0 Å². The molecule has 5 heteroatoms. The van der Waals surface area contributed by atoms with Crippen LogP contribution in [0.3, 0.4) is 0 Å². The fraction of sp³-hybridized carbons (Fsp3) is 0. The van der Waals surface area contributed by atoms with Crippen molar-refractivity contribution in [2.24, 2.45) is 0 Å². The largest absolute Gasteiger partial charge is 0.277 e. The van der Waals surface area contributed by atoms with Crippen molar-refractivity contribution in [3.8, 4) is 17.2 Å². The summed E-state index contributed by atoms with van der Waals surface area (Å²) in [6, 6.07) is 40.4. The van der Waals surface area contributed by atoms with Gasteiger partial charge < -0.3 is 0 Å². The fourth-order valence-corrected chi connectivity index (χ4v) is 7.44. The van der Waals surface area contributed by atoms with Crippen LogP contribution in [0, 0.1) is 0 Å². The van der Waals surface area contributed by atoms with Gasteiger partial charge in [-0.2, -0.15) is 4.98 Å². The maximum atomic E-state index is 5.27. The van der Waals surface area contributed by atoms with E-state index in [0.29, 0.717) is 11.6 Å². The average molecular weight is 529 g/mol. The molecule has 0 N–H and O–H groups in total. The lowest BCUT2D eigenvalue weighted by Gasteiger charge is -2.12. The average Bonchev–Trinajstić information content (AvgIpc) is 3.58. The van der Waals surface area contributed by atoms with Gasteiger partial charge in [0.1, 0.15) is 0 Å². The molecule has 0 aliphatic heterocycles. The van der Waals surface area contributed by atoms with Crippen LogP contribution in [0.5, 0.6) is 0 Å². The van der Waals surface area contributed by atoms with Crippen LogP contribution in [0.1, 0.15) is 0 Å². The first kappa shape index (κ1) is 21.8. The zero-order valence-electron chi connectivity index (χ0n) is 21.2. The minimum absolute atomic E-state index is 0.625. The van der Waals surface area contributed by atoms with Gasteiger partial charge in [-0.05, 0) is 24.3 Å². The molecule has 4 heterocycles. The zero-order chi connectivity index (χ0) is 26.2. The molecule has 0 saturated heterocycles. The van der Waals surface area contributed by atoms with E-state index in [1.807, 2.05) is 35.6 Å². The van der Waals surface area contributed by atoms with Gasteiger partial charge in [-0.25, -0.2) is 9.97 Å². The molecule has 0 unspecified atom stereocenters. The Morgan fingerprint density at radius 3 is 2.12 bits per heavy atom. The Hall–Kier alpha value is -5.13. The van der Waals surface area contributed by atoms with E-state index in [0.717, 1.165) is 27.7 Å². The van der Waals surface area contributed by atoms with Crippen molar-refractivity contribution in [2.45, 2.75) is 0 Å². The standard InChI is InChI=1S/C35H20N4S/c1-2-11-21(12-3-1)31-26-17-10-20-36-34(26)38-35(37-31)39-27-18-8-6-15-24(27)29-30-25-16-7-9-19-28(25)40-33(30)23-14-5-4-13-22(23)32(29)39/h1-20H. The second-order valence-electron chi connectivity index (χ2n) is 10.0. The molecular formula is C35H20N4S. The summed E-state index contributed by atoms with van der Waals surface area (Å²) in [6.07, 6.45) is 1.80. The topological polar surface area (TPSA) is 43.6 Å². The predicted molar refractivity (Wildman–Crippen MR) is 168 cm³/mol. The van der Waals surface area contributed by atoms with Crippen molar-refractivity contribution in [3.05, 3.63) is 121 Å². The molecular weight excluding hydrogens is 508 g/mol. The van der Waals surface area contributed by atoms with Gasteiger partial charge in [0.2, 0.25) is 5.95 Å². The summed E-state index contributed by atoms with van der Waals surface area (Å²) in [5.74, 6) is 0.625. The number of rotatable bonds is 2. The molecule has 0 radical (unpaired) electrons. The van der Waals surface area contributed by atoms with Crippen LogP contribution in [0.4, 0.5) is 0 Å². The number of aromatic nitrogens is 4. The minimum atomic E-state index is 0.625. The van der Waals surface area contributed by atoms with Gasteiger partial charge in [0, 0.05) is 58.9 Å².